The van der Waals surface area contributed by atoms with E-state index < -0.39 is 0 Å². The van der Waals surface area contributed by atoms with Crippen molar-refractivity contribution in [3.8, 4) is 0 Å². The van der Waals surface area contributed by atoms with Crippen LogP contribution in [0.2, 0.25) is 0 Å². The van der Waals surface area contributed by atoms with E-state index in [9.17, 15) is 5.11 Å². The highest BCUT2D eigenvalue weighted by Crippen LogP contribution is 2.75. The molecule has 0 amide bonds. The Morgan fingerprint density at radius 3 is 2.23 bits per heavy atom. The van der Waals surface area contributed by atoms with Gasteiger partial charge in [-0.3, -0.25) is 0 Å². The third kappa shape index (κ3) is 2.65. The van der Waals surface area contributed by atoms with E-state index in [1.165, 1.54) is 51.4 Å². The first kappa shape index (κ1) is 22.5. The number of hydrogen-bond donors (Lipinski definition) is 1. The summed E-state index contributed by atoms with van der Waals surface area (Å²) in [6.45, 7) is 20.5. The van der Waals surface area contributed by atoms with E-state index in [2.05, 4.69) is 61.5 Å². The standard InChI is InChI=1S/C30H50O/c1-19-11-14-27(5)17-18-29(7)21(25(27)20(19)2)9-10-23-28(6)15-13-24(31)26(3,4)22(28)12-16-30(23,29)8/h9,19-20,22-25,31H,10-18H2,1-8H3/t19-,20?,22?,23?,24?,25?,27?,28?,29-,30?/m1/s1. The molecule has 5 aliphatic carbocycles. The average Bonchev–Trinajstić information content (AvgIpc) is 2.69. The van der Waals surface area contributed by atoms with E-state index in [1.54, 1.807) is 0 Å². The van der Waals surface area contributed by atoms with Gasteiger partial charge in [-0.25, -0.2) is 0 Å². The largest absolute Gasteiger partial charge is 0.393 e. The number of allylic oxidation sites excluding steroid dienone is 2. The molecule has 0 bridgehead atoms. The van der Waals surface area contributed by atoms with E-state index in [1.807, 2.05) is 5.57 Å². The molecule has 0 aliphatic heterocycles. The van der Waals surface area contributed by atoms with E-state index in [-0.39, 0.29) is 11.5 Å². The minimum atomic E-state index is -0.125. The first-order chi connectivity index (χ1) is 14.3. The summed E-state index contributed by atoms with van der Waals surface area (Å²) in [5, 5.41) is 10.9. The van der Waals surface area contributed by atoms with E-state index >= 15 is 0 Å². The molecule has 176 valence electrons. The van der Waals surface area contributed by atoms with Crippen molar-refractivity contribution in [2.75, 3.05) is 0 Å². The summed E-state index contributed by atoms with van der Waals surface area (Å²) in [5.41, 5.74) is 3.60. The monoisotopic (exact) mass is 426 g/mol. The highest BCUT2D eigenvalue weighted by atomic mass is 16.3. The molecule has 1 heteroatoms. The molecule has 31 heavy (non-hydrogen) atoms. The molecule has 4 fully saturated rings. The van der Waals surface area contributed by atoms with E-state index in [0.717, 1.165) is 30.1 Å². The van der Waals surface area contributed by atoms with Crippen molar-refractivity contribution in [2.45, 2.75) is 119 Å². The van der Waals surface area contributed by atoms with Gasteiger partial charge >= 0.3 is 0 Å². The number of aliphatic hydroxyl groups excluding tert-OH is 1. The Morgan fingerprint density at radius 1 is 0.806 bits per heavy atom. The van der Waals surface area contributed by atoms with Gasteiger partial charge in [-0.2, -0.15) is 0 Å². The highest BCUT2D eigenvalue weighted by molar-refractivity contribution is 5.33. The second-order valence-electron chi connectivity index (χ2n) is 14.7. The normalized spacial score (nSPS) is 58.3. The highest BCUT2D eigenvalue weighted by Gasteiger charge is 2.67. The molecule has 0 aromatic rings. The van der Waals surface area contributed by atoms with Crippen molar-refractivity contribution in [3.05, 3.63) is 11.6 Å². The van der Waals surface area contributed by atoms with Crippen molar-refractivity contribution in [1.82, 2.24) is 0 Å². The minimum Gasteiger partial charge on any atom is -0.393 e. The SMILES string of the molecule is CC1C2C3=CCC4C5(C)CCC(O)C(C)(C)C5CCC4(C)[C@]3(C)CCC2(C)CC[C@H]1C. The fourth-order valence-corrected chi connectivity index (χ4v) is 10.8. The molecular weight excluding hydrogens is 376 g/mol. The molecule has 0 spiro atoms. The maximum Gasteiger partial charge on any atom is 0.0594 e. The van der Waals surface area contributed by atoms with Gasteiger partial charge in [0, 0.05) is 0 Å². The molecule has 0 heterocycles. The fraction of sp³-hybridized carbons (Fsp3) is 0.933. The van der Waals surface area contributed by atoms with E-state index in [4.69, 9.17) is 0 Å². The molecule has 4 saturated carbocycles. The lowest BCUT2D eigenvalue weighted by Gasteiger charge is -2.71. The van der Waals surface area contributed by atoms with Crippen LogP contribution in [-0.2, 0) is 0 Å². The fourth-order valence-electron chi connectivity index (χ4n) is 10.8. The van der Waals surface area contributed by atoms with Crippen LogP contribution in [0.3, 0.4) is 0 Å². The van der Waals surface area contributed by atoms with Crippen LogP contribution in [0, 0.1) is 56.7 Å². The summed E-state index contributed by atoms with van der Waals surface area (Å²) in [7, 11) is 0. The molecule has 0 aromatic carbocycles. The molecule has 0 saturated heterocycles. The molecule has 1 nitrogen and oxygen atoms in total. The first-order valence-corrected chi connectivity index (χ1v) is 13.7. The summed E-state index contributed by atoms with van der Waals surface area (Å²) >= 11 is 0. The van der Waals surface area contributed by atoms with Crippen molar-refractivity contribution in [3.63, 3.8) is 0 Å². The van der Waals surface area contributed by atoms with Gasteiger partial charge in [0.05, 0.1) is 6.10 Å². The van der Waals surface area contributed by atoms with Gasteiger partial charge in [0.15, 0.2) is 0 Å². The predicted molar refractivity (Wildman–Crippen MR) is 131 cm³/mol. The zero-order valence-corrected chi connectivity index (χ0v) is 21.9. The van der Waals surface area contributed by atoms with Gasteiger partial charge in [-0.05, 0) is 114 Å². The maximum absolute atomic E-state index is 10.9. The molecular formula is C30H50O. The Bertz CT molecular complexity index is 779. The van der Waals surface area contributed by atoms with Gasteiger partial charge in [-0.1, -0.05) is 67.0 Å². The van der Waals surface area contributed by atoms with Crippen LogP contribution in [0.15, 0.2) is 11.6 Å². The summed E-state index contributed by atoms with van der Waals surface area (Å²) < 4.78 is 0. The van der Waals surface area contributed by atoms with Crippen molar-refractivity contribution >= 4 is 0 Å². The van der Waals surface area contributed by atoms with Crippen LogP contribution in [-0.4, -0.2) is 11.2 Å². The maximum atomic E-state index is 10.9. The third-order valence-electron chi connectivity index (χ3n) is 13.4. The van der Waals surface area contributed by atoms with Gasteiger partial charge in [0.1, 0.15) is 0 Å². The summed E-state index contributed by atoms with van der Waals surface area (Å²) in [4.78, 5) is 0. The molecule has 0 aromatic heterocycles. The van der Waals surface area contributed by atoms with Crippen molar-refractivity contribution in [1.29, 1.82) is 0 Å². The van der Waals surface area contributed by atoms with E-state index in [0.29, 0.717) is 27.6 Å². The van der Waals surface area contributed by atoms with Crippen LogP contribution in [0.5, 0.6) is 0 Å². The Labute approximate surface area is 192 Å². The second kappa shape index (κ2) is 6.64. The van der Waals surface area contributed by atoms with Crippen molar-refractivity contribution < 1.29 is 5.11 Å². The number of fused-ring (bicyclic) bond motifs is 7. The Hall–Kier alpha value is -0.300. The minimum absolute atomic E-state index is 0.0533. The lowest BCUT2D eigenvalue weighted by molar-refractivity contribution is -0.203. The Kier molecular flexibility index (Phi) is 4.82. The number of aliphatic hydroxyl groups is 1. The Morgan fingerprint density at radius 2 is 1.52 bits per heavy atom. The summed E-state index contributed by atoms with van der Waals surface area (Å²) in [6.07, 6.45) is 14.5. The molecule has 10 atom stereocenters. The molecule has 8 unspecified atom stereocenters. The Balaban J connectivity index is 1.59. The van der Waals surface area contributed by atoms with Crippen molar-refractivity contribution in [2.24, 2.45) is 56.7 Å². The van der Waals surface area contributed by atoms with Crippen LogP contribution >= 0.6 is 0 Å². The summed E-state index contributed by atoms with van der Waals surface area (Å²) in [5.74, 6) is 3.90. The molecule has 0 radical (unpaired) electrons. The van der Waals surface area contributed by atoms with Crippen LogP contribution < -0.4 is 0 Å². The zero-order chi connectivity index (χ0) is 22.6. The van der Waals surface area contributed by atoms with Crippen LogP contribution in [0.25, 0.3) is 0 Å². The molecule has 5 aliphatic rings. The molecule has 1 N–H and O–H groups in total. The number of rotatable bonds is 0. The van der Waals surface area contributed by atoms with Gasteiger partial charge in [0.25, 0.3) is 0 Å². The predicted octanol–water partition coefficient (Wildman–Crippen LogP) is 8.02. The molecule has 5 rings (SSSR count). The summed E-state index contributed by atoms with van der Waals surface area (Å²) in [6, 6.07) is 0. The quantitative estimate of drug-likeness (QED) is 0.389. The third-order valence-corrected chi connectivity index (χ3v) is 13.4. The topological polar surface area (TPSA) is 20.2 Å². The van der Waals surface area contributed by atoms with Gasteiger partial charge < -0.3 is 5.11 Å². The lowest BCUT2D eigenvalue weighted by atomic mass is 9.33. The second-order valence-corrected chi connectivity index (χ2v) is 14.7. The first-order valence-electron chi connectivity index (χ1n) is 13.7. The average molecular weight is 427 g/mol. The smallest absolute Gasteiger partial charge is 0.0594 e. The van der Waals surface area contributed by atoms with Gasteiger partial charge in [-0.15, -0.1) is 0 Å². The lowest BCUT2D eigenvalue weighted by Crippen LogP contribution is -2.64. The van der Waals surface area contributed by atoms with Crippen LogP contribution in [0.4, 0.5) is 0 Å². The van der Waals surface area contributed by atoms with Gasteiger partial charge in [0.2, 0.25) is 0 Å². The number of hydrogen-bond acceptors (Lipinski definition) is 1. The zero-order valence-electron chi connectivity index (χ0n) is 21.9. The van der Waals surface area contributed by atoms with Crippen LogP contribution in [0.1, 0.15) is 113 Å².